The Morgan fingerprint density at radius 2 is 2.00 bits per heavy atom. The number of hydrogen-bond donors (Lipinski definition) is 2. The number of halogens is 1. The van der Waals surface area contributed by atoms with Crippen LogP contribution in [0.1, 0.15) is 27.7 Å². The number of nitrogens with one attached hydrogen (secondary N) is 1. The van der Waals surface area contributed by atoms with E-state index in [1.807, 2.05) is 48.7 Å². The van der Waals surface area contributed by atoms with Crippen LogP contribution in [0.25, 0.3) is 10.9 Å². The van der Waals surface area contributed by atoms with Crippen molar-refractivity contribution < 1.29 is 23.8 Å². The first-order valence-corrected chi connectivity index (χ1v) is 11.5. The molecule has 0 fully saturated rings. The Kier molecular flexibility index (Phi) is 5.75. The normalized spacial score (nSPS) is 16.0. The van der Waals surface area contributed by atoms with Crippen LogP contribution < -0.4 is 4.74 Å². The molecule has 172 valence electrons. The molecule has 1 atom stereocenters. The lowest BCUT2D eigenvalue weighted by Gasteiger charge is -2.26. The zero-order chi connectivity index (χ0) is 23.8. The number of amides is 1. The van der Waals surface area contributed by atoms with E-state index in [-0.39, 0.29) is 11.3 Å². The van der Waals surface area contributed by atoms with Crippen LogP contribution in [-0.4, -0.2) is 40.3 Å². The SMILES string of the molecule is COc1ccc2[nH]cc(CCN3C(=O)C(O)=C(C(=O)c4ccco4)C3c3ccc(Br)cc3)c2c1. The fourth-order valence-corrected chi connectivity index (χ4v) is 4.64. The van der Waals surface area contributed by atoms with Gasteiger partial charge < -0.3 is 24.1 Å². The van der Waals surface area contributed by atoms with Gasteiger partial charge in [0.1, 0.15) is 5.75 Å². The fraction of sp³-hybridized carbons (Fsp3) is 0.154. The number of nitrogens with zero attached hydrogens (tertiary/aromatic N) is 1. The third kappa shape index (κ3) is 3.80. The third-order valence-electron chi connectivity index (χ3n) is 6.08. The van der Waals surface area contributed by atoms with Gasteiger partial charge in [-0.2, -0.15) is 0 Å². The summed E-state index contributed by atoms with van der Waals surface area (Å²) in [5, 5.41) is 11.8. The van der Waals surface area contributed by atoms with E-state index in [1.54, 1.807) is 13.2 Å². The number of Topliss-reactive ketones (excluding diaryl/α,β-unsaturated/α-hetero) is 1. The highest BCUT2D eigenvalue weighted by molar-refractivity contribution is 9.10. The summed E-state index contributed by atoms with van der Waals surface area (Å²) in [5.74, 6) is -0.829. The average molecular weight is 521 g/mol. The number of aromatic amines is 1. The molecule has 0 aliphatic carbocycles. The van der Waals surface area contributed by atoms with Crippen molar-refractivity contribution in [2.75, 3.05) is 13.7 Å². The van der Waals surface area contributed by atoms with Gasteiger partial charge in [-0.1, -0.05) is 28.1 Å². The minimum Gasteiger partial charge on any atom is -0.503 e. The Morgan fingerprint density at radius 3 is 2.71 bits per heavy atom. The molecule has 2 aromatic carbocycles. The second kappa shape index (κ2) is 8.87. The summed E-state index contributed by atoms with van der Waals surface area (Å²) >= 11 is 3.42. The predicted molar refractivity (Wildman–Crippen MR) is 130 cm³/mol. The van der Waals surface area contributed by atoms with E-state index in [0.29, 0.717) is 13.0 Å². The second-order valence-corrected chi connectivity index (χ2v) is 8.91. The molecule has 2 N–H and O–H groups in total. The molecule has 1 aliphatic heterocycles. The van der Waals surface area contributed by atoms with Crippen LogP contribution in [0, 0.1) is 0 Å². The molecule has 5 rings (SSSR count). The number of hydrogen-bond acceptors (Lipinski definition) is 5. The van der Waals surface area contributed by atoms with Crippen LogP contribution in [0.15, 0.2) is 87.3 Å². The molecule has 3 heterocycles. The van der Waals surface area contributed by atoms with E-state index >= 15 is 0 Å². The number of carbonyl (C=O) groups is 2. The van der Waals surface area contributed by atoms with Gasteiger partial charge >= 0.3 is 0 Å². The molecule has 0 radical (unpaired) electrons. The van der Waals surface area contributed by atoms with Crippen molar-refractivity contribution in [1.29, 1.82) is 0 Å². The summed E-state index contributed by atoms with van der Waals surface area (Å²) in [6.07, 6.45) is 3.81. The van der Waals surface area contributed by atoms with E-state index < -0.39 is 23.5 Å². The van der Waals surface area contributed by atoms with E-state index in [9.17, 15) is 14.7 Å². The number of benzene rings is 2. The Hall–Kier alpha value is -3.78. The molecule has 8 heteroatoms. The number of aromatic nitrogens is 1. The summed E-state index contributed by atoms with van der Waals surface area (Å²) in [6.45, 7) is 0.294. The Bertz CT molecular complexity index is 1400. The highest BCUT2D eigenvalue weighted by Crippen LogP contribution is 2.39. The van der Waals surface area contributed by atoms with E-state index in [0.717, 1.165) is 32.3 Å². The van der Waals surface area contributed by atoms with Gasteiger partial charge in [0, 0.05) is 28.1 Å². The van der Waals surface area contributed by atoms with E-state index in [2.05, 4.69) is 20.9 Å². The number of furan rings is 1. The quantitative estimate of drug-likeness (QED) is 0.320. The highest BCUT2D eigenvalue weighted by atomic mass is 79.9. The fourth-order valence-electron chi connectivity index (χ4n) is 4.38. The van der Waals surface area contributed by atoms with Gasteiger partial charge in [-0.3, -0.25) is 9.59 Å². The van der Waals surface area contributed by atoms with Crippen molar-refractivity contribution in [3.63, 3.8) is 0 Å². The molecule has 1 unspecified atom stereocenters. The third-order valence-corrected chi connectivity index (χ3v) is 6.60. The van der Waals surface area contributed by atoms with Crippen molar-refractivity contribution >= 4 is 38.5 Å². The van der Waals surface area contributed by atoms with Gasteiger partial charge in [-0.25, -0.2) is 0 Å². The lowest BCUT2D eigenvalue weighted by Crippen LogP contribution is -2.33. The number of aliphatic hydroxyl groups excluding tert-OH is 1. The summed E-state index contributed by atoms with van der Waals surface area (Å²) in [5.41, 5.74) is 2.70. The van der Waals surface area contributed by atoms with Gasteiger partial charge in [0.25, 0.3) is 5.91 Å². The average Bonchev–Trinajstić information content (AvgIpc) is 3.58. The molecule has 0 bridgehead atoms. The monoisotopic (exact) mass is 520 g/mol. The first kappa shape index (κ1) is 22.0. The zero-order valence-electron chi connectivity index (χ0n) is 18.2. The summed E-state index contributed by atoms with van der Waals surface area (Å²) in [7, 11) is 1.62. The summed E-state index contributed by atoms with van der Waals surface area (Å²) in [6, 6.07) is 15.5. The molecular weight excluding hydrogens is 500 g/mol. The maximum absolute atomic E-state index is 13.2. The molecule has 0 spiro atoms. The minimum atomic E-state index is -0.738. The molecular formula is C26H21BrN2O5. The van der Waals surface area contributed by atoms with Crippen LogP contribution >= 0.6 is 15.9 Å². The van der Waals surface area contributed by atoms with Crippen molar-refractivity contribution in [1.82, 2.24) is 9.88 Å². The summed E-state index contributed by atoms with van der Waals surface area (Å²) in [4.78, 5) is 31.2. The van der Waals surface area contributed by atoms with Gasteiger partial charge in [-0.05, 0) is 60.0 Å². The number of ketones is 1. The highest BCUT2D eigenvalue weighted by Gasteiger charge is 2.44. The summed E-state index contributed by atoms with van der Waals surface area (Å²) < 4.78 is 11.5. The van der Waals surface area contributed by atoms with Crippen molar-refractivity contribution in [2.24, 2.45) is 0 Å². The molecule has 1 aliphatic rings. The van der Waals surface area contributed by atoms with Crippen molar-refractivity contribution in [3.8, 4) is 5.75 Å². The molecule has 7 nitrogen and oxygen atoms in total. The van der Waals surface area contributed by atoms with E-state index in [1.165, 1.54) is 17.2 Å². The van der Waals surface area contributed by atoms with Crippen molar-refractivity contribution in [2.45, 2.75) is 12.5 Å². The zero-order valence-corrected chi connectivity index (χ0v) is 19.8. The van der Waals surface area contributed by atoms with Crippen molar-refractivity contribution in [3.05, 3.63) is 99.7 Å². The number of rotatable bonds is 7. The first-order chi connectivity index (χ1) is 16.5. The number of ether oxygens (including phenoxy) is 1. The lowest BCUT2D eigenvalue weighted by molar-refractivity contribution is -0.129. The standard InChI is InChI=1S/C26H21BrN2O5/c1-33-18-8-9-20-19(13-18)16(14-28-20)10-11-29-23(15-4-6-17(27)7-5-15)22(25(31)26(29)32)24(30)21-3-2-12-34-21/h2-9,12-14,23,28,31H,10-11H2,1H3. The molecule has 0 saturated carbocycles. The molecule has 34 heavy (non-hydrogen) atoms. The largest absolute Gasteiger partial charge is 0.503 e. The van der Waals surface area contributed by atoms with Crippen LogP contribution in [0.3, 0.4) is 0 Å². The topological polar surface area (TPSA) is 95.8 Å². The van der Waals surface area contributed by atoms with Crippen LogP contribution in [0.5, 0.6) is 5.75 Å². The van der Waals surface area contributed by atoms with Gasteiger partial charge in [0.15, 0.2) is 11.5 Å². The second-order valence-electron chi connectivity index (χ2n) is 8.00. The smallest absolute Gasteiger partial charge is 0.290 e. The number of methoxy groups -OCH3 is 1. The Balaban J connectivity index is 1.50. The maximum atomic E-state index is 13.2. The van der Waals surface area contributed by atoms with Gasteiger partial charge in [0.05, 0.1) is 25.0 Å². The Morgan fingerprint density at radius 1 is 1.21 bits per heavy atom. The number of carbonyl (C=O) groups excluding carboxylic acids is 2. The van der Waals surface area contributed by atoms with Crippen LogP contribution in [0.2, 0.25) is 0 Å². The number of fused-ring (bicyclic) bond motifs is 1. The van der Waals surface area contributed by atoms with E-state index in [4.69, 9.17) is 9.15 Å². The lowest BCUT2D eigenvalue weighted by atomic mass is 9.95. The Labute approximate surface area is 203 Å². The maximum Gasteiger partial charge on any atom is 0.290 e. The minimum absolute atomic E-state index is 0.0165. The van der Waals surface area contributed by atoms with Crippen LogP contribution in [0.4, 0.5) is 0 Å². The molecule has 2 aromatic heterocycles. The molecule has 0 saturated heterocycles. The first-order valence-electron chi connectivity index (χ1n) is 10.7. The molecule has 4 aromatic rings. The van der Waals surface area contributed by atoms with Gasteiger partial charge in [0.2, 0.25) is 5.78 Å². The van der Waals surface area contributed by atoms with Gasteiger partial charge in [-0.15, -0.1) is 0 Å². The van der Waals surface area contributed by atoms with Crippen LogP contribution in [-0.2, 0) is 11.2 Å². The molecule has 1 amide bonds. The number of H-pyrrole nitrogens is 1. The number of aliphatic hydroxyl groups is 1. The predicted octanol–water partition coefficient (Wildman–Crippen LogP) is 5.35.